The number of esters is 1. The number of hydrogen-bond donors (Lipinski definition) is 0. The zero-order valence-corrected chi connectivity index (χ0v) is 29.4. The molecule has 0 radical (unpaired) electrons. The molecule has 0 saturated heterocycles. The minimum Gasteiger partial charge on any atom is -0.425 e. The van der Waals surface area contributed by atoms with Gasteiger partial charge in [0.15, 0.2) is 5.91 Å². The van der Waals surface area contributed by atoms with Crippen LogP contribution in [-0.4, -0.2) is 46.8 Å². The van der Waals surface area contributed by atoms with E-state index in [1.807, 2.05) is 50.1 Å². The van der Waals surface area contributed by atoms with E-state index in [1.165, 1.54) is 10.1 Å². The van der Waals surface area contributed by atoms with Gasteiger partial charge in [-0.2, -0.15) is 6.42 Å². The van der Waals surface area contributed by atoms with Gasteiger partial charge in [0.1, 0.15) is 0 Å². The van der Waals surface area contributed by atoms with E-state index in [2.05, 4.69) is 32.4 Å². The van der Waals surface area contributed by atoms with Crippen LogP contribution in [-0.2, 0) is 31.9 Å². The van der Waals surface area contributed by atoms with Crippen LogP contribution in [0.1, 0.15) is 84.5 Å². The van der Waals surface area contributed by atoms with Gasteiger partial charge >= 0.3 is 41.6 Å². The second-order valence-corrected chi connectivity index (χ2v) is 10.2. The molecule has 0 spiro atoms. The number of aromatic nitrogens is 1. The summed E-state index contributed by atoms with van der Waals surface area (Å²) in [5.41, 5.74) is 4.31. The molecule has 3 rings (SSSR count). The third-order valence-electron chi connectivity index (χ3n) is 7.00. The Morgan fingerprint density at radius 1 is 1.14 bits per heavy atom. The van der Waals surface area contributed by atoms with Crippen LogP contribution in [0.25, 0.3) is 6.08 Å². The van der Waals surface area contributed by atoms with Gasteiger partial charge in [0.2, 0.25) is 6.29 Å². The Labute approximate surface area is 277 Å². The van der Waals surface area contributed by atoms with Crippen LogP contribution in [0.5, 0.6) is 0 Å². The fourth-order valence-electron chi connectivity index (χ4n) is 4.90. The predicted octanol–water partition coefficient (Wildman–Crippen LogP) is 4.42. The summed E-state index contributed by atoms with van der Waals surface area (Å²) < 4.78 is 12.2. The largest absolute Gasteiger partial charge is 1.00 e. The first-order valence-corrected chi connectivity index (χ1v) is 14.8. The third-order valence-corrected chi connectivity index (χ3v) is 7.00. The van der Waals surface area contributed by atoms with Crippen molar-refractivity contribution in [2.24, 2.45) is 17.8 Å². The summed E-state index contributed by atoms with van der Waals surface area (Å²) in [6.45, 7) is 18.6. The van der Waals surface area contributed by atoms with E-state index in [1.54, 1.807) is 20.8 Å². The van der Waals surface area contributed by atoms with E-state index in [0.717, 1.165) is 55.5 Å². The Morgan fingerprint density at radius 2 is 1.83 bits per heavy atom. The topological polar surface area (TPSA) is 77.8 Å². The van der Waals surface area contributed by atoms with Gasteiger partial charge in [0.05, 0.1) is 11.6 Å². The number of fused-ring (bicyclic) bond motifs is 2. The molecule has 2 unspecified atom stereocenters. The van der Waals surface area contributed by atoms with Crippen molar-refractivity contribution in [3.8, 4) is 0 Å². The molecule has 0 N–H and O–H groups in total. The Morgan fingerprint density at radius 3 is 2.45 bits per heavy atom. The van der Waals surface area contributed by atoms with E-state index in [0.29, 0.717) is 6.54 Å². The third kappa shape index (κ3) is 10.9. The average Bonchev–Trinajstić information content (AvgIpc) is 3.27. The summed E-state index contributed by atoms with van der Waals surface area (Å²) in [5, 5.41) is 0. The molecule has 2 bridgehead atoms. The number of rotatable bonds is 9. The number of aryl methyl sites for hydroxylation is 1. The molecule has 42 heavy (non-hydrogen) atoms. The van der Waals surface area contributed by atoms with E-state index in [4.69, 9.17) is 9.47 Å². The molecule has 1 heterocycles. The Hall–Kier alpha value is -2.09. The van der Waals surface area contributed by atoms with Crippen LogP contribution in [0.15, 0.2) is 36.1 Å². The molecule has 230 valence electrons. The van der Waals surface area contributed by atoms with Crippen molar-refractivity contribution >= 4 is 24.0 Å². The quantitative estimate of drug-likeness (QED) is 0.140. The molecule has 2 aliphatic carbocycles. The van der Waals surface area contributed by atoms with Crippen molar-refractivity contribution in [1.82, 2.24) is 9.47 Å². The molecular formula is C34H51N2NaO5-2. The van der Waals surface area contributed by atoms with Crippen LogP contribution >= 0.6 is 0 Å². The van der Waals surface area contributed by atoms with E-state index >= 15 is 0 Å². The number of hydrogen-bond acceptors (Lipinski definition) is 5. The second kappa shape index (κ2) is 20.0. The van der Waals surface area contributed by atoms with Crippen molar-refractivity contribution in [1.29, 1.82) is 0 Å². The first-order valence-electron chi connectivity index (χ1n) is 14.8. The van der Waals surface area contributed by atoms with Crippen LogP contribution in [0, 0.1) is 38.5 Å². The van der Waals surface area contributed by atoms with E-state index in [9.17, 15) is 14.4 Å². The summed E-state index contributed by atoms with van der Waals surface area (Å²) >= 11 is 0. The minimum atomic E-state index is -0.974. The number of amides is 1. The van der Waals surface area contributed by atoms with Gasteiger partial charge in [-0.3, -0.25) is 14.2 Å². The molecule has 0 aliphatic heterocycles. The summed E-state index contributed by atoms with van der Waals surface area (Å²) in [6, 6.07) is 0. The minimum absolute atomic E-state index is 0. The number of carbonyl (C=O) groups excluding carboxylic acids is 3. The molecule has 1 aromatic heterocycles. The summed E-state index contributed by atoms with van der Waals surface area (Å²) in [4.78, 5) is 39.5. The second-order valence-electron chi connectivity index (χ2n) is 10.2. The summed E-state index contributed by atoms with van der Waals surface area (Å²) in [6.07, 6.45) is 16.8. The first-order chi connectivity index (χ1) is 19.2. The standard InChI is InChI=1S/C31H42N2O5.C2H6.CH3.Na/c1-7-19-32(8-2)29(34)22(5)15-16-24-11-9-13-26-20-33(28-14-10-12-25(24)17-18-27(26)28)31(36)38-23(6)37-30(35)21(3)4;1-2;;/h10-12,14-16,20-24H,5,7-9,13,17-19H2,1-4,6H3;1-2H3;1H3;/q-2;;-1;+1/b14-10-,16-15?,25-12+;;;/t22-,23?,24?;;;/m0.../s1. The molecule has 0 fully saturated rings. The Kier molecular flexibility index (Phi) is 19.0. The van der Waals surface area contributed by atoms with Gasteiger partial charge < -0.3 is 35.1 Å². The number of allylic oxidation sites excluding steroid dienone is 4. The molecule has 7 nitrogen and oxygen atoms in total. The van der Waals surface area contributed by atoms with Crippen LogP contribution in [0.3, 0.4) is 0 Å². The monoisotopic (exact) mass is 590 g/mol. The maximum Gasteiger partial charge on any atom is 1.00 e. The number of ether oxygens (including phenoxy) is 2. The van der Waals surface area contributed by atoms with Crippen LogP contribution < -0.4 is 29.6 Å². The normalized spacial score (nSPS) is 19.0. The fourth-order valence-corrected chi connectivity index (χ4v) is 4.90. The van der Waals surface area contributed by atoms with E-state index in [-0.39, 0.29) is 54.7 Å². The molecule has 8 heteroatoms. The maximum absolute atomic E-state index is 13.0. The molecule has 1 amide bonds. The Bertz CT molecular complexity index is 1100. The molecule has 2 aliphatic rings. The van der Waals surface area contributed by atoms with Crippen molar-refractivity contribution in [2.45, 2.75) is 86.9 Å². The predicted molar refractivity (Wildman–Crippen MR) is 167 cm³/mol. The molecule has 0 aromatic carbocycles. The summed E-state index contributed by atoms with van der Waals surface area (Å²) in [7, 11) is 0. The number of nitrogens with zero attached hydrogens (tertiary/aromatic N) is 2. The van der Waals surface area contributed by atoms with Crippen molar-refractivity contribution in [3.05, 3.63) is 73.7 Å². The zero-order valence-electron chi connectivity index (χ0n) is 27.4. The SMILES string of the molecule is CC.[CH2-][C@@H](C=CC1[CH-]CCc2cn(C(=O)OC(C)OC(=O)C(C)C)c3c2CC/C1=C\C=C/3)C(=O)N(CC)CCC.[CH3-].[Na+]. The maximum atomic E-state index is 13.0. The fraction of sp³-hybridized carbons (Fsp3) is 0.529. The van der Waals surface area contributed by atoms with Gasteiger partial charge in [0.25, 0.3) is 0 Å². The molecule has 1 aromatic rings. The Balaban J connectivity index is 0.00000411. The van der Waals surface area contributed by atoms with Crippen molar-refractivity contribution < 1.29 is 53.4 Å². The van der Waals surface area contributed by atoms with Gasteiger partial charge in [-0.25, -0.2) is 4.79 Å². The van der Waals surface area contributed by atoms with Crippen LogP contribution in [0.2, 0.25) is 0 Å². The van der Waals surface area contributed by atoms with Crippen molar-refractivity contribution in [2.75, 3.05) is 13.1 Å². The van der Waals surface area contributed by atoms with Crippen LogP contribution in [0.4, 0.5) is 4.79 Å². The molecule has 3 atom stereocenters. The first kappa shape index (κ1) is 39.9. The average molecular weight is 591 g/mol. The van der Waals surface area contributed by atoms with Gasteiger partial charge in [-0.15, -0.1) is 18.1 Å². The van der Waals surface area contributed by atoms with Gasteiger partial charge in [-0.05, 0) is 43.4 Å². The molecular weight excluding hydrogens is 539 g/mol. The smallest absolute Gasteiger partial charge is 0.425 e. The number of carbonyl (C=O) groups is 3. The molecule has 0 saturated carbocycles. The van der Waals surface area contributed by atoms with E-state index < -0.39 is 24.3 Å². The zero-order chi connectivity index (χ0) is 29.8. The summed E-state index contributed by atoms with van der Waals surface area (Å²) in [5.74, 6) is -0.936. The van der Waals surface area contributed by atoms with Gasteiger partial charge in [0, 0.05) is 26.2 Å². The van der Waals surface area contributed by atoms with Gasteiger partial charge in [-0.1, -0.05) is 64.7 Å². The van der Waals surface area contributed by atoms with Crippen molar-refractivity contribution in [3.63, 3.8) is 0 Å².